The predicted octanol–water partition coefficient (Wildman–Crippen LogP) is 3.76. The van der Waals surface area contributed by atoms with Crippen molar-refractivity contribution < 1.29 is 19.0 Å². The van der Waals surface area contributed by atoms with Gasteiger partial charge in [0, 0.05) is 25.6 Å². The molecule has 5 rings (SSSR count). The summed E-state index contributed by atoms with van der Waals surface area (Å²) in [6, 6.07) is 31.0. The molecule has 0 spiro atoms. The zero-order valence-electron chi connectivity index (χ0n) is 20.9. The number of benzene rings is 3. The summed E-state index contributed by atoms with van der Waals surface area (Å²) in [6.45, 7) is 1.39. The molecule has 3 aromatic carbocycles. The maximum atomic E-state index is 12.4. The van der Waals surface area contributed by atoms with Gasteiger partial charge in [-0.3, -0.25) is 19.1 Å². The van der Waals surface area contributed by atoms with Crippen LogP contribution in [0.4, 0.5) is 0 Å². The van der Waals surface area contributed by atoms with Gasteiger partial charge in [-0.1, -0.05) is 91.0 Å². The average Bonchev–Trinajstić information content (AvgIpc) is 3.32. The van der Waals surface area contributed by atoms with E-state index >= 15 is 0 Å². The summed E-state index contributed by atoms with van der Waals surface area (Å²) in [5, 5.41) is 0. The molecule has 38 heavy (non-hydrogen) atoms. The van der Waals surface area contributed by atoms with Gasteiger partial charge in [0.1, 0.15) is 24.0 Å². The summed E-state index contributed by atoms with van der Waals surface area (Å²) in [5.41, 5.74) is 0.686. The van der Waals surface area contributed by atoms with Crippen LogP contribution in [0.2, 0.25) is 0 Å². The molecule has 2 heterocycles. The number of hydrogen-bond acceptors (Lipinski definition) is 6. The molecule has 0 radical (unpaired) electrons. The first-order chi connectivity index (χ1) is 18.5. The van der Waals surface area contributed by atoms with Gasteiger partial charge in [0.05, 0.1) is 6.61 Å². The van der Waals surface area contributed by atoms with E-state index in [1.165, 1.54) is 23.8 Å². The van der Waals surface area contributed by atoms with Gasteiger partial charge in [0.25, 0.3) is 5.56 Å². The maximum Gasteiger partial charge on any atom is 0.330 e. The van der Waals surface area contributed by atoms with Gasteiger partial charge in [0.2, 0.25) is 0 Å². The second-order valence-electron chi connectivity index (χ2n) is 9.12. The Balaban J connectivity index is 1.54. The molecular weight excluding hydrogens is 484 g/mol. The first-order valence-electron chi connectivity index (χ1n) is 12.4. The Morgan fingerprint density at radius 1 is 0.895 bits per heavy atom. The van der Waals surface area contributed by atoms with Crippen LogP contribution in [0.1, 0.15) is 36.3 Å². The van der Waals surface area contributed by atoms with E-state index in [9.17, 15) is 14.4 Å². The smallest absolute Gasteiger partial charge is 0.330 e. The highest BCUT2D eigenvalue weighted by atomic mass is 16.6. The van der Waals surface area contributed by atoms with Crippen molar-refractivity contribution in [2.75, 3.05) is 6.61 Å². The number of H-pyrrole nitrogens is 1. The first-order valence-corrected chi connectivity index (χ1v) is 12.4. The summed E-state index contributed by atoms with van der Waals surface area (Å²) in [7, 11) is 0. The van der Waals surface area contributed by atoms with Gasteiger partial charge in [-0.2, -0.15) is 0 Å². The van der Waals surface area contributed by atoms with Crippen molar-refractivity contribution in [3.8, 4) is 0 Å². The minimum absolute atomic E-state index is 0.0607. The van der Waals surface area contributed by atoms with Gasteiger partial charge in [-0.15, -0.1) is 0 Å². The Kier molecular flexibility index (Phi) is 7.35. The lowest BCUT2D eigenvalue weighted by molar-refractivity contribution is -0.153. The number of hydrogen-bond donors (Lipinski definition) is 1. The molecule has 194 valence electrons. The van der Waals surface area contributed by atoms with Gasteiger partial charge in [-0.05, 0) is 16.7 Å². The second-order valence-corrected chi connectivity index (χ2v) is 9.12. The van der Waals surface area contributed by atoms with E-state index in [0.29, 0.717) is 0 Å². The van der Waals surface area contributed by atoms with Gasteiger partial charge >= 0.3 is 11.7 Å². The molecule has 0 bridgehead atoms. The van der Waals surface area contributed by atoms with Crippen molar-refractivity contribution in [2.45, 2.75) is 37.4 Å². The van der Waals surface area contributed by atoms with E-state index in [1.54, 1.807) is 0 Å². The molecule has 8 heteroatoms. The molecule has 0 saturated carbocycles. The standard InChI is InChI=1S/C30H28N2O6/c1-21(33)37-25-19-28(32-18-17-27(34)31-29(32)35)38-26(25)20-36-30(22-11-5-2-6-12-22,23-13-7-3-8-14-23)24-15-9-4-10-16-24/h2-18,25-26,28H,19-20H2,1H3,(H,31,34,35)/t25-,26-,28-/m1/s1. The fourth-order valence-electron chi connectivity index (χ4n) is 4.99. The highest BCUT2D eigenvalue weighted by Crippen LogP contribution is 2.41. The van der Waals surface area contributed by atoms with Crippen molar-refractivity contribution in [1.29, 1.82) is 0 Å². The van der Waals surface area contributed by atoms with Crippen LogP contribution in [0, 0.1) is 0 Å². The van der Waals surface area contributed by atoms with E-state index in [-0.39, 0.29) is 13.0 Å². The Morgan fingerprint density at radius 2 is 1.42 bits per heavy atom. The largest absolute Gasteiger partial charge is 0.460 e. The third-order valence-electron chi connectivity index (χ3n) is 6.66. The SMILES string of the molecule is CC(=O)O[C@@H]1C[C@H](n2ccc(=O)[nH]c2=O)O[C@@H]1COC(c1ccccc1)(c1ccccc1)c1ccccc1. The number of rotatable bonds is 8. The van der Waals surface area contributed by atoms with Crippen LogP contribution in [-0.4, -0.2) is 34.3 Å². The summed E-state index contributed by atoms with van der Waals surface area (Å²) in [5.74, 6) is -0.460. The van der Waals surface area contributed by atoms with Crippen LogP contribution in [0.3, 0.4) is 0 Å². The minimum Gasteiger partial charge on any atom is -0.460 e. The summed E-state index contributed by atoms with van der Waals surface area (Å²) < 4.78 is 20.0. The van der Waals surface area contributed by atoms with E-state index < -0.39 is 41.3 Å². The number of carbonyl (C=O) groups excluding carboxylic acids is 1. The number of ether oxygens (including phenoxy) is 3. The molecule has 0 unspecified atom stereocenters. The Hall–Kier alpha value is -4.27. The average molecular weight is 513 g/mol. The second kappa shape index (κ2) is 11.0. The molecule has 0 aliphatic carbocycles. The highest BCUT2D eigenvalue weighted by molar-refractivity contribution is 5.66. The normalized spacial score (nSPS) is 19.2. The van der Waals surface area contributed by atoms with E-state index in [4.69, 9.17) is 14.2 Å². The summed E-state index contributed by atoms with van der Waals surface area (Å²) >= 11 is 0. The molecule has 1 N–H and O–H groups in total. The van der Waals surface area contributed by atoms with Crippen molar-refractivity contribution in [3.05, 3.63) is 141 Å². The van der Waals surface area contributed by atoms with Crippen LogP contribution in [-0.2, 0) is 24.6 Å². The lowest BCUT2D eigenvalue weighted by atomic mass is 9.80. The number of carbonyl (C=O) groups is 1. The van der Waals surface area contributed by atoms with Crippen LogP contribution in [0.25, 0.3) is 0 Å². The van der Waals surface area contributed by atoms with E-state index in [1.807, 2.05) is 91.0 Å². The molecule has 1 aliphatic heterocycles. The van der Waals surface area contributed by atoms with E-state index in [2.05, 4.69) is 4.98 Å². The number of nitrogens with zero attached hydrogens (tertiary/aromatic N) is 1. The lowest BCUT2D eigenvalue weighted by Crippen LogP contribution is -2.39. The first kappa shape index (κ1) is 25.4. The van der Waals surface area contributed by atoms with Crippen LogP contribution < -0.4 is 11.2 Å². The monoisotopic (exact) mass is 512 g/mol. The molecule has 1 aromatic heterocycles. The molecule has 3 atom stereocenters. The number of aromatic amines is 1. The third kappa shape index (κ3) is 5.09. The summed E-state index contributed by atoms with van der Waals surface area (Å²) in [4.78, 5) is 38.1. The molecule has 1 aliphatic rings. The minimum atomic E-state index is -0.985. The lowest BCUT2D eigenvalue weighted by Gasteiger charge is -2.37. The maximum absolute atomic E-state index is 12.4. The Labute approximate surface area is 219 Å². The van der Waals surface area contributed by atoms with E-state index in [0.717, 1.165) is 16.7 Å². The Bertz CT molecular complexity index is 1390. The topological polar surface area (TPSA) is 99.6 Å². The molecule has 0 amide bonds. The third-order valence-corrected chi connectivity index (χ3v) is 6.66. The van der Waals surface area contributed by atoms with Gasteiger partial charge < -0.3 is 14.2 Å². The number of esters is 1. The number of aromatic nitrogens is 2. The van der Waals surface area contributed by atoms with Crippen molar-refractivity contribution >= 4 is 5.97 Å². The molecular formula is C30H28N2O6. The van der Waals surface area contributed by atoms with Crippen molar-refractivity contribution in [2.24, 2.45) is 0 Å². The van der Waals surface area contributed by atoms with Crippen LogP contribution in [0.5, 0.6) is 0 Å². The summed E-state index contributed by atoms with van der Waals surface area (Å²) in [6.07, 6.45) is -0.456. The van der Waals surface area contributed by atoms with Crippen molar-refractivity contribution in [3.63, 3.8) is 0 Å². The van der Waals surface area contributed by atoms with Gasteiger partial charge in [-0.25, -0.2) is 4.79 Å². The molecule has 8 nitrogen and oxygen atoms in total. The molecule has 1 saturated heterocycles. The fourth-order valence-corrected chi connectivity index (χ4v) is 4.99. The van der Waals surface area contributed by atoms with Crippen LogP contribution in [0.15, 0.2) is 113 Å². The zero-order valence-corrected chi connectivity index (χ0v) is 20.9. The van der Waals surface area contributed by atoms with Crippen LogP contribution >= 0.6 is 0 Å². The molecule has 4 aromatic rings. The zero-order chi connectivity index (χ0) is 26.5. The molecule has 1 fully saturated rings. The van der Waals surface area contributed by atoms with Gasteiger partial charge in [0.15, 0.2) is 0 Å². The predicted molar refractivity (Wildman–Crippen MR) is 141 cm³/mol. The number of nitrogens with one attached hydrogen (secondary N) is 1. The quantitative estimate of drug-likeness (QED) is 0.285. The highest BCUT2D eigenvalue weighted by Gasteiger charge is 2.43. The fraction of sp³-hybridized carbons (Fsp3) is 0.233. The Morgan fingerprint density at radius 3 is 1.89 bits per heavy atom. The van der Waals surface area contributed by atoms with Crippen molar-refractivity contribution in [1.82, 2.24) is 9.55 Å².